The van der Waals surface area contributed by atoms with Crippen molar-refractivity contribution in [2.75, 3.05) is 9.80 Å². The van der Waals surface area contributed by atoms with Crippen molar-refractivity contribution in [3.05, 3.63) is 205 Å². The number of fused-ring (bicyclic) bond motifs is 10. The van der Waals surface area contributed by atoms with Crippen molar-refractivity contribution in [3.8, 4) is 11.1 Å². The van der Waals surface area contributed by atoms with E-state index in [1.54, 1.807) is 24.3 Å². The topological polar surface area (TPSA) is 6.48 Å². The van der Waals surface area contributed by atoms with Crippen LogP contribution in [-0.4, -0.2) is 0 Å². The largest absolute Gasteiger partial charge is 0.310 e. The first-order chi connectivity index (χ1) is 26.9. The zero-order chi connectivity index (χ0) is 37.3. The molecule has 4 heteroatoms. The Morgan fingerprint density at radius 3 is 1.49 bits per heavy atom. The molecule has 1 aliphatic rings. The van der Waals surface area contributed by atoms with E-state index in [0.29, 0.717) is 0 Å². The molecule has 0 aromatic heterocycles. The average Bonchev–Trinajstić information content (AvgIpc) is 3.45. The molecule has 10 rings (SSSR count). The van der Waals surface area contributed by atoms with Crippen molar-refractivity contribution in [2.45, 2.75) is 19.3 Å². The van der Waals surface area contributed by atoms with Crippen LogP contribution in [0.4, 0.5) is 42.9 Å². The van der Waals surface area contributed by atoms with Crippen LogP contribution in [0.15, 0.2) is 182 Å². The van der Waals surface area contributed by atoms with E-state index in [1.807, 2.05) is 48.5 Å². The molecule has 0 bridgehead atoms. The Bertz CT molecular complexity index is 2940. The third kappa shape index (κ3) is 5.20. The van der Waals surface area contributed by atoms with Gasteiger partial charge in [0.1, 0.15) is 11.6 Å². The van der Waals surface area contributed by atoms with Gasteiger partial charge in [-0.3, -0.25) is 0 Å². The van der Waals surface area contributed by atoms with Crippen LogP contribution in [0.1, 0.15) is 25.0 Å². The number of benzene rings is 9. The average molecular weight is 715 g/mol. The lowest BCUT2D eigenvalue weighted by atomic mass is 9.77. The zero-order valence-corrected chi connectivity index (χ0v) is 30.5. The smallest absolute Gasteiger partial charge is 0.125 e. The molecule has 0 heterocycles. The van der Waals surface area contributed by atoms with Crippen molar-refractivity contribution in [2.24, 2.45) is 0 Å². The van der Waals surface area contributed by atoms with Crippen LogP contribution >= 0.6 is 0 Å². The molecule has 0 atom stereocenters. The lowest BCUT2D eigenvalue weighted by molar-refractivity contribution is 0.627. The van der Waals surface area contributed by atoms with Crippen molar-refractivity contribution in [1.29, 1.82) is 0 Å². The van der Waals surface area contributed by atoms with Gasteiger partial charge in [-0.25, -0.2) is 8.78 Å². The summed E-state index contributed by atoms with van der Waals surface area (Å²) >= 11 is 0. The summed E-state index contributed by atoms with van der Waals surface area (Å²) in [5.74, 6) is -0.563. The van der Waals surface area contributed by atoms with Crippen LogP contribution in [0.2, 0.25) is 0 Å². The van der Waals surface area contributed by atoms with Crippen LogP contribution in [0.3, 0.4) is 0 Å². The quantitative estimate of drug-likeness (QED) is 0.158. The van der Waals surface area contributed by atoms with E-state index in [9.17, 15) is 8.78 Å². The lowest BCUT2D eigenvalue weighted by Crippen LogP contribution is -2.17. The van der Waals surface area contributed by atoms with Gasteiger partial charge in [-0.05, 0) is 128 Å². The minimum atomic E-state index is -0.370. The van der Waals surface area contributed by atoms with Gasteiger partial charge in [-0.2, -0.15) is 0 Å². The van der Waals surface area contributed by atoms with Crippen molar-refractivity contribution < 1.29 is 8.78 Å². The highest BCUT2D eigenvalue weighted by atomic mass is 19.1. The summed E-state index contributed by atoms with van der Waals surface area (Å²) in [5, 5.41) is 6.91. The second kappa shape index (κ2) is 12.7. The number of nitrogens with zero attached hydrogens (tertiary/aromatic N) is 2. The SMILES string of the molecule is CC1(C)c2c(cc(N(c3ccccc3)c3cccc(F)c3)c3ccccc23)-c2c1c1ccc(N(c3ccccc3)c3cccc(F)c3)cc1c1ccccc21. The van der Waals surface area contributed by atoms with Gasteiger partial charge >= 0.3 is 0 Å². The molecule has 0 spiro atoms. The van der Waals surface area contributed by atoms with E-state index in [1.165, 1.54) is 50.5 Å². The van der Waals surface area contributed by atoms with Crippen LogP contribution < -0.4 is 9.80 Å². The standard InChI is InChI=1S/C51H36F2N2/c1-51(2)49-43-26-12-10-24-41(43)47(55(36-19-7-4-8-20-36)38-22-14-16-34(53)30-38)32-46(49)48-42-25-11-9-23-40(42)45-31-39(27-28-44(45)50(48)51)54(35-17-5-3-6-18-35)37-21-13-15-33(52)29-37/h3-32H,1-2H3. The van der Waals surface area contributed by atoms with Gasteiger partial charge in [0.05, 0.1) is 5.69 Å². The van der Waals surface area contributed by atoms with Gasteiger partial charge in [-0.1, -0.05) is 117 Å². The fraction of sp³-hybridized carbons (Fsp3) is 0.0588. The first-order valence-electron chi connectivity index (χ1n) is 18.7. The maximum Gasteiger partial charge on any atom is 0.125 e. The first kappa shape index (κ1) is 32.8. The van der Waals surface area contributed by atoms with Crippen molar-refractivity contribution in [1.82, 2.24) is 0 Å². The molecule has 0 radical (unpaired) electrons. The molecule has 9 aromatic rings. The highest BCUT2D eigenvalue weighted by Gasteiger charge is 2.41. The minimum Gasteiger partial charge on any atom is -0.310 e. The van der Waals surface area contributed by atoms with E-state index >= 15 is 0 Å². The molecule has 9 aromatic carbocycles. The molecule has 0 saturated carbocycles. The van der Waals surface area contributed by atoms with Crippen molar-refractivity contribution >= 4 is 66.4 Å². The maximum absolute atomic E-state index is 15.0. The van der Waals surface area contributed by atoms with Crippen LogP contribution in [0.5, 0.6) is 0 Å². The van der Waals surface area contributed by atoms with Gasteiger partial charge in [0, 0.05) is 39.2 Å². The van der Waals surface area contributed by atoms with Crippen LogP contribution in [-0.2, 0) is 5.41 Å². The summed E-state index contributed by atoms with van der Waals surface area (Å²) in [6.07, 6.45) is 0. The molecule has 0 N–H and O–H groups in total. The van der Waals surface area contributed by atoms with Crippen LogP contribution in [0, 0.1) is 11.6 Å². The Balaban J connectivity index is 1.27. The molecule has 0 aliphatic heterocycles. The zero-order valence-electron chi connectivity index (χ0n) is 30.5. The minimum absolute atomic E-state index is 0.281. The fourth-order valence-electron chi connectivity index (χ4n) is 9.04. The number of halogens is 2. The second-order valence-electron chi connectivity index (χ2n) is 14.8. The molecule has 0 unspecified atom stereocenters. The van der Waals surface area contributed by atoms with Gasteiger partial charge < -0.3 is 9.80 Å². The second-order valence-corrected chi connectivity index (χ2v) is 14.8. The Labute approximate surface area is 319 Å². The van der Waals surface area contributed by atoms with Crippen LogP contribution in [0.25, 0.3) is 43.4 Å². The molecule has 0 amide bonds. The Morgan fingerprint density at radius 2 is 0.855 bits per heavy atom. The third-order valence-corrected chi connectivity index (χ3v) is 11.2. The number of hydrogen-bond acceptors (Lipinski definition) is 2. The summed E-state index contributed by atoms with van der Waals surface area (Å²) in [7, 11) is 0. The highest BCUT2D eigenvalue weighted by molar-refractivity contribution is 6.21. The number of para-hydroxylation sites is 2. The van der Waals surface area contributed by atoms with E-state index in [-0.39, 0.29) is 17.0 Å². The fourth-order valence-corrected chi connectivity index (χ4v) is 9.04. The molecule has 1 aliphatic carbocycles. The van der Waals surface area contributed by atoms with E-state index in [0.717, 1.165) is 50.3 Å². The monoisotopic (exact) mass is 714 g/mol. The molecule has 2 nitrogen and oxygen atoms in total. The van der Waals surface area contributed by atoms with Gasteiger partial charge in [0.15, 0.2) is 0 Å². The summed E-state index contributed by atoms with van der Waals surface area (Å²) in [5.41, 5.74) is 9.94. The number of anilines is 6. The molecule has 0 fully saturated rings. The summed E-state index contributed by atoms with van der Waals surface area (Å²) in [4.78, 5) is 4.30. The van der Waals surface area contributed by atoms with E-state index < -0.39 is 0 Å². The Kier molecular flexibility index (Phi) is 7.57. The van der Waals surface area contributed by atoms with E-state index in [2.05, 4.69) is 121 Å². The molecular formula is C51H36F2N2. The Hall–Kier alpha value is -6.78. The summed E-state index contributed by atoms with van der Waals surface area (Å²) in [6.45, 7) is 4.69. The summed E-state index contributed by atoms with van der Waals surface area (Å²) < 4.78 is 29.7. The van der Waals surface area contributed by atoms with E-state index in [4.69, 9.17) is 0 Å². The normalized spacial score (nSPS) is 12.9. The Morgan fingerprint density at radius 1 is 0.364 bits per heavy atom. The van der Waals surface area contributed by atoms with Gasteiger partial charge in [-0.15, -0.1) is 0 Å². The molecule has 55 heavy (non-hydrogen) atoms. The number of hydrogen-bond donors (Lipinski definition) is 0. The third-order valence-electron chi connectivity index (χ3n) is 11.2. The molecule has 264 valence electrons. The van der Waals surface area contributed by atoms with Gasteiger partial charge in [0.2, 0.25) is 0 Å². The maximum atomic E-state index is 15.0. The first-order valence-corrected chi connectivity index (χ1v) is 18.7. The molecular weight excluding hydrogens is 679 g/mol. The number of rotatable bonds is 6. The summed E-state index contributed by atoms with van der Waals surface area (Å²) in [6, 6.07) is 60.3. The van der Waals surface area contributed by atoms with Crippen molar-refractivity contribution in [3.63, 3.8) is 0 Å². The predicted molar refractivity (Wildman–Crippen MR) is 226 cm³/mol. The lowest BCUT2D eigenvalue weighted by Gasteiger charge is -2.30. The highest BCUT2D eigenvalue weighted by Crippen LogP contribution is 2.58. The molecule has 0 saturated heterocycles. The predicted octanol–water partition coefficient (Wildman–Crippen LogP) is 14.7. The van der Waals surface area contributed by atoms with Gasteiger partial charge in [0.25, 0.3) is 0 Å².